The van der Waals surface area contributed by atoms with Crippen molar-refractivity contribution in [2.24, 2.45) is 0 Å². The standard InChI is InChI=1S/C26H16N2O6/c1-15-12-23-21-7-5-19(28(31)32)14-17(21)3-9-25(23)34-26(15)11-10-22-20-6-4-18(27(29)30)13-16(20)2-8-24(22)33-26/h2-14H,1H3. The molecule has 2 heterocycles. The number of nitro groups is 2. The first-order valence-corrected chi connectivity index (χ1v) is 10.5. The molecule has 1 atom stereocenters. The molecule has 8 heteroatoms. The van der Waals surface area contributed by atoms with Crippen LogP contribution in [0.3, 0.4) is 0 Å². The summed E-state index contributed by atoms with van der Waals surface area (Å²) in [6.07, 6.45) is 5.73. The lowest BCUT2D eigenvalue weighted by atomic mass is 9.92. The van der Waals surface area contributed by atoms with Crippen LogP contribution in [0.2, 0.25) is 0 Å². The van der Waals surface area contributed by atoms with Gasteiger partial charge in [0, 0.05) is 47.0 Å². The van der Waals surface area contributed by atoms with Crippen LogP contribution in [0.1, 0.15) is 18.1 Å². The lowest BCUT2D eigenvalue weighted by Gasteiger charge is -2.39. The van der Waals surface area contributed by atoms with Gasteiger partial charge in [0.25, 0.3) is 17.2 Å². The highest BCUT2D eigenvalue weighted by molar-refractivity contribution is 5.97. The highest BCUT2D eigenvalue weighted by Crippen LogP contribution is 2.45. The molecule has 0 N–H and O–H groups in total. The number of fused-ring (bicyclic) bond motifs is 6. The number of rotatable bonds is 2. The Bertz CT molecular complexity index is 1630. The fourth-order valence-corrected chi connectivity index (χ4v) is 4.59. The molecule has 0 radical (unpaired) electrons. The average molecular weight is 452 g/mol. The van der Waals surface area contributed by atoms with Crippen molar-refractivity contribution in [2.75, 3.05) is 0 Å². The van der Waals surface area contributed by atoms with E-state index in [1.54, 1.807) is 48.5 Å². The fraction of sp³-hybridized carbons (Fsp3) is 0.0769. The van der Waals surface area contributed by atoms with Gasteiger partial charge in [-0.1, -0.05) is 12.1 Å². The Kier molecular flexibility index (Phi) is 4.04. The first-order chi connectivity index (χ1) is 16.3. The summed E-state index contributed by atoms with van der Waals surface area (Å²) in [6.45, 7) is 1.91. The second kappa shape index (κ2) is 6.89. The smallest absolute Gasteiger partial charge is 0.294 e. The van der Waals surface area contributed by atoms with Gasteiger partial charge in [-0.3, -0.25) is 20.2 Å². The number of nitrogens with zero attached hydrogens (tertiary/aromatic N) is 2. The Morgan fingerprint density at radius 2 is 1.26 bits per heavy atom. The van der Waals surface area contributed by atoms with E-state index in [0.29, 0.717) is 11.5 Å². The molecule has 6 rings (SSSR count). The van der Waals surface area contributed by atoms with Gasteiger partial charge in [-0.2, -0.15) is 0 Å². The summed E-state index contributed by atoms with van der Waals surface area (Å²) in [6, 6.07) is 16.7. The van der Waals surface area contributed by atoms with Crippen molar-refractivity contribution in [1.29, 1.82) is 0 Å². The summed E-state index contributed by atoms with van der Waals surface area (Å²) >= 11 is 0. The van der Waals surface area contributed by atoms with E-state index in [1.807, 2.05) is 25.2 Å². The van der Waals surface area contributed by atoms with Crippen LogP contribution in [0.25, 0.3) is 33.7 Å². The van der Waals surface area contributed by atoms with E-state index in [0.717, 1.165) is 38.2 Å². The lowest BCUT2D eigenvalue weighted by molar-refractivity contribution is -0.384. The molecule has 0 fully saturated rings. The van der Waals surface area contributed by atoms with Gasteiger partial charge >= 0.3 is 0 Å². The van der Waals surface area contributed by atoms with E-state index in [9.17, 15) is 20.2 Å². The molecule has 34 heavy (non-hydrogen) atoms. The van der Waals surface area contributed by atoms with Crippen molar-refractivity contribution in [3.8, 4) is 11.5 Å². The third kappa shape index (κ3) is 2.85. The summed E-state index contributed by atoms with van der Waals surface area (Å²) in [5.41, 5.74) is 2.55. The van der Waals surface area contributed by atoms with Gasteiger partial charge in [0.1, 0.15) is 11.5 Å². The van der Waals surface area contributed by atoms with Crippen molar-refractivity contribution in [2.45, 2.75) is 12.7 Å². The zero-order valence-electron chi connectivity index (χ0n) is 17.8. The zero-order chi connectivity index (χ0) is 23.6. The van der Waals surface area contributed by atoms with Gasteiger partial charge in [-0.25, -0.2) is 0 Å². The van der Waals surface area contributed by atoms with Crippen molar-refractivity contribution in [3.05, 3.63) is 104 Å². The lowest BCUT2D eigenvalue weighted by Crippen LogP contribution is -2.44. The number of ether oxygens (including phenoxy) is 2. The van der Waals surface area contributed by atoms with E-state index >= 15 is 0 Å². The van der Waals surface area contributed by atoms with Gasteiger partial charge in [0.15, 0.2) is 0 Å². The van der Waals surface area contributed by atoms with Gasteiger partial charge in [-0.15, -0.1) is 0 Å². The monoisotopic (exact) mass is 452 g/mol. The first kappa shape index (κ1) is 19.9. The third-order valence-electron chi connectivity index (χ3n) is 6.33. The molecular formula is C26H16N2O6. The molecule has 166 valence electrons. The average Bonchev–Trinajstić information content (AvgIpc) is 2.83. The topological polar surface area (TPSA) is 105 Å². The van der Waals surface area contributed by atoms with Crippen LogP contribution in [-0.4, -0.2) is 15.6 Å². The summed E-state index contributed by atoms with van der Waals surface area (Å²) in [7, 11) is 0. The van der Waals surface area contributed by atoms with Crippen LogP contribution in [0.15, 0.2) is 72.3 Å². The van der Waals surface area contributed by atoms with E-state index in [1.165, 1.54) is 12.1 Å². The molecular weight excluding hydrogens is 436 g/mol. The Hall–Kier alpha value is -4.72. The molecule has 2 aliphatic rings. The van der Waals surface area contributed by atoms with E-state index in [-0.39, 0.29) is 11.4 Å². The van der Waals surface area contributed by atoms with Crippen molar-refractivity contribution < 1.29 is 19.3 Å². The number of benzene rings is 4. The maximum atomic E-state index is 11.1. The molecule has 4 aromatic rings. The fourth-order valence-electron chi connectivity index (χ4n) is 4.59. The predicted molar refractivity (Wildman–Crippen MR) is 128 cm³/mol. The highest BCUT2D eigenvalue weighted by atomic mass is 16.7. The molecule has 0 amide bonds. The Balaban J connectivity index is 1.43. The maximum absolute atomic E-state index is 11.1. The van der Waals surface area contributed by atoms with Crippen molar-refractivity contribution in [3.63, 3.8) is 0 Å². The SMILES string of the molecule is CC1=Cc2c(ccc3cc([N+](=O)[O-])ccc23)OC12C=Cc1c(ccc3cc([N+](=O)[O-])ccc13)O2. The molecule has 0 aromatic heterocycles. The summed E-state index contributed by atoms with van der Waals surface area (Å²) in [4.78, 5) is 21.4. The first-order valence-electron chi connectivity index (χ1n) is 10.5. The quantitative estimate of drug-likeness (QED) is 0.257. The summed E-state index contributed by atoms with van der Waals surface area (Å²) < 4.78 is 12.8. The minimum absolute atomic E-state index is 0.0354. The number of hydrogen-bond acceptors (Lipinski definition) is 6. The summed E-state index contributed by atoms with van der Waals surface area (Å²) in [5.74, 6) is 0.0797. The van der Waals surface area contributed by atoms with Gasteiger partial charge in [-0.05, 0) is 64.9 Å². The van der Waals surface area contributed by atoms with Gasteiger partial charge < -0.3 is 9.47 Å². The second-order valence-electron chi connectivity index (χ2n) is 8.31. The van der Waals surface area contributed by atoms with Crippen molar-refractivity contribution in [1.82, 2.24) is 0 Å². The molecule has 1 unspecified atom stereocenters. The number of hydrogen-bond donors (Lipinski definition) is 0. The maximum Gasteiger partial charge on any atom is 0.294 e. The van der Waals surface area contributed by atoms with Crippen LogP contribution in [0.4, 0.5) is 11.4 Å². The predicted octanol–water partition coefficient (Wildman–Crippen LogP) is 6.41. The van der Waals surface area contributed by atoms with Crippen LogP contribution < -0.4 is 9.47 Å². The zero-order valence-corrected chi connectivity index (χ0v) is 17.8. The molecule has 0 aliphatic carbocycles. The van der Waals surface area contributed by atoms with Crippen LogP contribution in [0.5, 0.6) is 11.5 Å². The minimum Gasteiger partial charge on any atom is -0.444 e. The van der Waals surface area contributed by atoms with E-state index in [4.69, 9.17) is 9.47 Å². The molecule has 4 aromatic carbocycles. The normalized spacial score (nSPS) is 18.1. The molecule has 0 saturated carbocycles. The highest BCUT2D eigenvalue weighted by Gasteiger charge is 2.41. The molecule has 2 aliphatic heterocycles. The molecule has 1 spiro atoms. The van der Waals surface area contributed by atoms with Gasteiger partial charge in [0.05, 0.1) is 9.85 Å². The van der Waals surface area contributed by atoms with Crippen LogP contribution in [0, 0.1) is 20.2 Å². The van der Waals surface area contributed by atoms with E-state index in [2.05, 4.69) is 0 Å². The largest absolute Gasteiger partial charge is 0.444 e. The minimum atomic E-state index is -1.14. The molecule has 8 nitrogen and oxygen atoms in total. The Morgan fingerprint density at radius 1 is 0.735 bits per heavy atom. The Morgan fingerprint density at radius 3 is 1.82 bits per heavy atom. The van der Waals surface area contributed by atoms with Crippen LogP contribution in [-0.2, 0) is 0 Å². The van der Waals surface area contributed by atoms with E-state index < -0.39 is 15.6 Å². The molecule has 0 bridgehead atoms. The molecule has 0 saturated heterocycles. The van der Waals surface area contributed by atoms with Crippen LogP contribution >= 0.6 is 0 Å². The third-order valence-corrected chi connectivity index (χ3v) is 6.33. The Labute approximate surface area is 192 Å². The number of nitro benzene ring substituents is 2. The van der Waals surface area contributed by atoms with Crippen molar-refractivity contribution >= 4 is 45.1 Å². The second-order valence-corrected chi connectivity index (χ2v) is 8.31. The van der Waals surface area contributed by atoms with Gasteiger partial charge in [0.2, 0.25) is 0 Å². The summed E-state index contributed by atoms with van der Waals surface area (Å²) in [5, 5.41) is 25.4. The number of non-ortho nitro benzene ring substituents is 2.